The number of hydrogen-bond acceptors (Lipinski definition) is 3. The standard InChI is InChI=1S/C5H7N3/c1-4-2-7-5(6)8-3-4/h2-3H,1H3,(H2,6,7,8). The lowest BCUT2D eigenvalue weighted by Crippen LogP contribution is -1.92. The first-order valence-electron chi connectivity index (χ1n) is 2.33. The highest BCUT2D eigenvalue weighted by molar-refractivity contribution is 5.15. The summed E-state index contributed by atoms with van der Waals surface area (Å²) in [6.07, 6.45) is 3.37. The van der Waals surface area contributed by atoms with Gasteiger partial charge in [0, 0.05) is 12.4 Å². The van der Waals surface area contributed by atoms with Crippen LogP contribution in [0.4, 0.5) is 5.95 Å². The minimum absolute atomic E-state index is 0.329. The molecule has 0 aliphatic rings. The van der Waals surface area contributed by atoms with Gasteiger partial charge in [-0.05, 0) is 12.5 Å². The van der Waals surface area contributed by atoms with Crippen molar-refractivity contribution in [2.75, 3.05) is 5.73 Å². The zero-order valence-electron chi connectivity index (χ0n) is 4.63. The minimum Gasteiger partial charge on any atom is -0.368 e. The second kappa shape index (κ2) is 1.78. The molecule has 0 saturated heterocycles. The van der Waals surface area contributed by atoms with E-state index < -0.39 is 0 Å². The number of nitrogens with two attached hydrogens (primary N) is 1. The van der Waals surface area contributed by atoms with E-state index >= 15 is 0 Å². The van der Waals surface area contributed by atoms with Crippen LogP contribution >= 0.6 is 0 Å². The van der Waals surface area contributed by atoms with E-state index in [1.807, 2.05) is 6.92 Å². The van der Waals surface area contributed by atoms with Crippen molar-refractivity contribution >= 4 is 5.95 Å². The first kappa shape index (κ1) is 5.03. The van der Waals surface area contributed by atoms with Gasteiger partial charge < -0.3 is 5.73 Å². The molecule has 1 aromatic heterocycles. The fourth-order valence-corrected chi connectivity index (χ4v) is 0.403. The van der Waals surface area contributed by atoms with E-state index in [1.54, 1.807) is 12.4 Å². The highest BCUT2D eigenvalue weighted by Gasteiger charge is 1.83. The average Bonchev–Trinajstić information content (AvgIpc) is 1.77. The third kappa shape index (κ3) is 0.932. The normalized spacial score (nSPS) is 9.12. The summed E-state index contributed by atoms with van der Waals surface area (Å²) in [6, 6.07) is 0. The summed E-state index contributed by atoms with van der Waals surface area (Å²) in [7, 11) is 0. The van der Waals surface area contributed by atoms with Gasteiger partial charge in [-0.15, -0.1) is 0 Å². The second-order valence-electron chi connectivity index (χ2n) is 1.62. The minimum atomic E-state index is 0.329. The molecule has 1 rings (SSSR count). The molecule has 0 radical (unpaired) electrons. The lowest BCUT2D eigenvalue weighted by molar-refractivity contribution is 1.15. The van der Waals surface area contributed by atoms with Crippen LogP contribution in [-0.2, 0) is 0 Å². The Morgan fingerprint density at radius 3 is 2.25 bits per heavy atom. The van der Waals surface area contributed by atoms with Gasteiger partial charge in [0.05, 0.1) is 0 Å². The van der Waals surface area contributed by atoms with E-state index in [0.29, 0.717) is 5.95 Å². The summed E-state index contributed by atoms with van der Waals surface area (Å²) in [5, 5.41) is 0. The monoisotopic (exact) mass is 109 g/mol. The van der Waals surface area contributed by atoms with Gasteiger partial charge in [-0.1, -0.05) is 0 Å². The summed E-state index contributed by atoms with van der Waals surface area (Å²) < 4.78 is 0. The van der Waals surface area contributed by atoms with Crippen LogP contribution < -0.4 is 5.73 Å². The van der Waals surface area contributed by atoms with Crippen molar-refractivity contribution in [3.8, 4) is 0 Å². The molecule has 0 bridgehead atoms. The largest absolute Gasteiger partial charge is 0.368 e. The van der Waals surface area contributed by atoms with Crippen molar-refractivity contribution in [1.29, 1.82) is 0 Å². The molecular weight excluding hydrogens is 102 g/mol. The van der Waals surface area contributed by atoms with E-state index in [0.717, 1.165) is 5.56 Å². The molecule has 42 valence electrons. The van der Waals surface area contributed by atoms with Crippen molar-refractivity contribution in [2.24, 2.45) is 0 Å². The van der Waals surface area contributed by atoms with E-state index in [1.165, 1.54) is 0 Å². The van der Waals surface area contributed by atoms with Gasteiger partial charge in [0.15, 0.2) is 0 Å². The van der Waals surface area contributed by atoms with Crippen LogP contribution in [0.3, 0.4) is 0 Å². The van der Waals surface area contributed by atoms with Crippen molar-refractivity contribution < 1.29 is 0 Å². The fourth-order valence-electron chi connectivity index (χ4n) is 0.403. The lowest BCUT2D eigenvalue weighted by atomic mass is 10.4. The first-order chi connectivity index (χ1) is 3.79. The molecule has 2 N–H and O–H groups in total. The third-order valence-electron chi connectivity index (χ3n) is 0.801. The average molecular weight is 109 g/mol. The zero-order valence-corrected chi connectivity index (χ0v) is 4.63. The number of aromatic nitrogens is 2. The molecule has 3 nitrogen and oxygen atoms in total. The van der Waals surface area contributed by atoms with Crippen molar-refractivity contribution in [3.63, 3.8) is 0 Å². The summed E-state index contributed by atoms with van der Waals surface area (Å²) in [4.78, 5) is 7.49. The fraction of sp³-hybridized carbons (Fsp3) is 0.200. The Bertz CT molecular complexity index is 147. The van der Waals surface area contributed by atoms with Crippen LogP contribution in [-0.4, -0.2) is 9.97 Å². The van der Waals surface area contributed by atoms with Crippen LogP contribution in [0.2, 0.25) is 0 Å². The van der Waals surface area contributed by atoms with E-state index in [9.17, 15) is 0 Å². The van der Waals surface area contributed by atoms with E-state index in [2.05, 4.69) is 9.97 Å². The van der Waals surface area contributed by atoms with Gasteiger partial charge in [0.2, 0.25) is 5.95 Å². The lowest BCUT2D eigenvalue weighted by Gasteiger charge is -1.88. The molecule has 0 atom stereocenters. The highest BCUT2D eigenvalue weighted by atomic mass is 15.0. The molecule has 0 aromatic carbocycles. The maximum absolute atomic E-state index is 5.20. The van der Waals surface area contributed by atoms with Crippen molar-refractivity contribution in [3.05, 3.63) is 18.0 Å². The van der Waals surface area contributed by atoms with E-state index in [-0.39, 0.29) is 0 Å². The van der Waals surface area contributed by atoms with Crippen LogP contribution in [0.1, 0.15) is 5.56 Å². The Labute approximate surface area is 47.6 Å². The molecule has 8 heavy (non-hydrogen) atoms. The number of hydrogen-bond donors (Lipinski definition) is 1. The molecule has 0 saturated carbocycles. The van der Waals surface area contributed by atoms with Crippen LogP contribution in [0.25, 0.3) is 0 Å². The van der Waals surface area contributed by atoms with Gasteiger partial charge in [0.25, 0.3) is 0 Å². The van der Waals surface area contributed by atoms with E-state index in [4.69, 9.17) is 5.73 Å². The Hall–Kier alpha value is -1.12. The topological polar surface area (TPSA) is 51.8 Å². The predicted octanol–water partition coefficient (Wildman–Crippen LogP) is 0.367. The predicted molar refractivity (Wildman–Crippen MR) is 31.2 cm³/mol. The number of rotatable bonds is 0. The van der Waals surface area contributed by atoms with Crippen molar-refractivity contribution in [1.82, 2.24) is 9.97 Å². The maximum Gasteiger partial charge on any atom is 0.219 e. The van der Waals surface area contributed by atoms with Gasteiger partial charge in [-0.3, -0.25) is 0 Å². The molecule has 1 heterocycles. The number of nitrogens with zero attached hydrogens (tertiary/aromatic N) is 2. The summed E-state index contributed by atoms with van der Waals surface area (Å²) >= 11 is 0. The molecule has 0 spiro atoms. The quantitative estimate of drug-likeness (QED) is 0.523. The molecule has 3 heteroatoms. The summed E-state index contributed by atoms with van der Waals surface area (Å²) in [5.41, 5.74) is 6.23. The maximum atomic E-state index is 5.20. The van der Waals surface area contributed by atoms with Gasteiger partial charge in [-0.2, -0.15) is 0 Å². The summed E-state index contributed by atoms with van der Waals surface area (Å²) in [5.74, 6) is 0.329. The first-order valence-corrected chi connectivity index (χ1v) is 2.33. The number of nitrogen functional groups attached to an aromatic ring is 1. The molecule has 0 aliphatic carbocycles. The second-order valence-corrected chi connectivity index (χ2v) is 1.62. The van der Waals surface area contributed by atoms with Gasteiger partial charge in [-0.25, -0.2) is 9.97 Å². The Morgan fingerprint density at radius 1 is 1.38 bits per heavy atom. The summed E-state index contributed by atoms with van der Waals surface area (Å²) in [6.45, 7) is 1.92. The third-order valence-corrected chi connectivity index (χ3v) is 0.801. The van der Waals surface area contributed by atoms with Gasteiger partial charge in [0.1, 0.15) is 0 Å². The molecule has 0 unspecified atom stereocenters. The Balaban J connectivity index is 3.03. The molecular formula is C5H7N3. The molecule has 0 fully saturated rings. The SMILES string of the molecule is Cc1cnc(N)nc1. The zero-order chi connectivity index (χ0) is 5.98. The number of aryl methyl sites for hydroxylation is 1. The Morgan fingerprint density at radius 2 is 1.88 bits per heavy atom. The highest BCUT2D eigenvalue weighted by Crippen LogP contribution is 1.91. The van der Waals surface area contributed by atoms with Gasteiger partial charge >= 0.3 is 0 Å². The smallest absolute Gasteiger partial charge is 0.219 e. The van der Waals surface area contributed by atoms with Crippen LogP contribution in [0.15, 0.2) is 12.4 Å². The number of anilines is 1. The molecule has 0 amide bonds. The molecule has 0 aliphatic heterocycles. The van der Waals surface area contributed by atoms with Crippen LogP contribution in [0.5, 0.6) is 0 Å². The Kier molecular flexibility index (Phi) is 1.12. The molecule has 1 aromatic rings. The van der Waals surface area contributed by atoms with Crippen molar-refractivity contribution in [2.45, 2.75) is 6.92 Å². The van der Waals surface area contributed by atoms with Crippen LogP contribution in [0, 0.1) is 6.92 Å².